The van der Waals surface area contributed by atoms with Crippen LogP contribution in [0, 0.1) is 11.8 Å². The molecule has 1 N–H and O–H groups in total. The maximum atomic E-state index is 5.68. The van der Waals surface area contributed by atoms with Crippen LogP contribution in [0.15, 0.2) is 22.7 Å². The summed E-state index contributed by atoms with van der Waals surface area (Å²) in [5.41, 5.74) is 1.35. The van der Waals surface area contributed by atoms with Crippen molar-refractivity contribution >= 4 is 15.9 Å². The molecule has 0 bridgehead atoms. The normalized spacial score (nSPS) is 23.8. The lowest BCUT2D eigenvalue weighted by Crippen LogP contribution is -2.19. The Labute approximate surface area is 118 Å². The summed E-state index contributed by atoms with van der Waals surface area (Å²) in [5.74, 6) is 2.57. The minimum Gasteiger partial charge on any atom is -0.492 e. The van der Waals surface area contributed by atoms with Gasteiger partial charge in [-0.05, 0) is 65.4 Å². The second-order valence-electron chi connectivity index (χ2n) is 5.18. The lowest BCUT2D eigenvalue weighted by atomic mass is 10.0. The second kappa shape index (κ2) is 6.07. The molecule has 0 aliphatic heterocycles. The lowest BCUT2D eigenvalue weighted by Gasteiger charge is -2.18. The summed E-state index contributed by atoms with van der Waals surface area (Å²) in [6, 6.07) is 6.92. The van der Waals surface area contributed by atoms with Crippen LogP contribution in [-0.4, -0.2) is 13.7 Å². The van der Waals surface area contributed by atoms with Gasteiger partial charge < -0.3 is 10.1 Å². The quantitative estimate of drug-likeness (QED) is 0.852. The van der Waals surface area contributed by atoms with Crippen molar-refractivity contribution in [2.45, 2.75) is 32.7 Å². The van der Waals surface area contributed by atoms with Crippen LogP contribution in [0.4, 0.5) is 0 Å². The van der Waals surface area contributed by atoms with Crippen LogP contribution >= 0.6 is 15.9 Å². The van der Waals surface area contributed by atoms with Crippen LogP contribution in [0.3, 0.4) is 0 Å². The molecular formula is C15H22BrNO. The second-order valence-corrected chi connectivity index (χ2v) is 6.04. The predicted octanol–water partition coefficient (Wildman–Crippen LogP) is 4.15. The average Bonchev–Trinajstić information content (AvgIpc) is 3.06. The van der Waals surface area contributed by atoms with E-state index in [9.17, 15) is 0 Å². The highest BCUT2D eigenvalue weighted by Gasteiger charge is 2.39. The van der Waals surface area contributed by atoms with Gasteiger partial charge in [-0.15, -0.1) is 0 Å². The van der Waals surface area contributed by atoms with Gasteiger partial charge in [-0.3, -0.25) is 0 Å². The molecule has 1 aromatic rings. The molecule has 1 saturated carbocycles. The van der Waals surface area contributed by atoms with E-state index in [-0.39, 0.29) is 0 Å². The molecule has 0 radical (unpaired) electrons. The molecule has 3 unspecified atom stereocenters. The number of rotatable bonds is 6. The molecule has 1 aromatic carbocycles. The molecule has 0 aromatic heterocycles. The van der Waals surface area contributed by atoms with Gasteiger partial charge in [0.1, 0.15) is 5.75 Å². The molecule has 0 heterocycles. The molecule has 18 heavy (non-hydrogen) atoms. The smallest absolute Gasteiger partial charge is 0.133 e. The zero-order valence-corrected chi connectivity index (χ0v) is 13.0. The third kappa shape index (κ3) is 3.07. The van der Waals surface area contributed by atoms with Gasteiger partial charge in [0, 0.05) is 6.04 Å². The topological polar surface area (TPSA) is 21.3 Å². The summed E-state index contributed by atoms with van der Waals surface area (Å²) in [5, 5.41) is 3.44. The molecule has 1 fully saturated rings. The molecule has 0 saturated heterocycles. The van der Waals surface area contributed by atoms with Crippen molar-refractivity contribution < 1.29 is 4.74 Å². The first kappa shape index (κ1) is 13.9. The van der Waals surface area contributed by atoms with Crippen molar-refractivity contribution in [3.8, 4) is 5.75 Å². The summed E-state index contributed by atoms with van der Waals surface area (Å²) in [6.07, 6.45) is 2.37. The van der Waals surface area contributed by atoms with E-state index in [1.165, 1.54) is 12.0 Å². The number of hydrogen-bond acceptors (Lipinski definition) is 2. The zero-order valence-electron chi connectivity index (χ0n) is 11.4. The lowest BCUT2D eigenvalue weighted by molar-refractivity contribution is 0.315. The Balaban J connectivity index is 2.11. The molecule has 2 nitrogen and oxygen atoms in total. The van der Waals surface area contributed by atoms with Gasteiger partial charge in [0.25, 0.3) is 0 Å². The molecule has 100 valence electrons. The monoisotopic (exact) mass is 311 g/mol. The van der Waals surface area contributed by atoms with E-state index in [2.05, 4.69) is 53.3 Å². The van der Waals surface area contributed by atoms with Crippen LogP contribution in [0.25, 0.3) is 0 Å². The fraction of sp³-hybridized carbons (Fsp3) is 0.600. The van der Waals surface area contributed by atoms with Crippen LogP contribution in [-0.2, 0) is 0 Å². The Hall–Kier alpha value is -0.540. The van der Waals surface area contributed by atoms with Gasteiger partial charge in [0.2, 0.25) is 0 Å². The Kier molecular flexibility index (Phi) is 4.68. The van der Waals surface area contributed by atoms with Crippen molar-refractivity contribution in [1.29, 1.82) is 0 Å². The van der Waals surface area contributed by atoms with E-state index in [0.29, 0.717) is 6.04 Å². The van der Waals surface area contributed by atoms with Crippen LogP contribution in [0.1, 0.15) is 38.3 Å². The first-order valence-electron chi connectivity index (χ1n) is 6.76. The van der Waals surface area contributed by atoms with Gasteiger partial charge in [-0.2, -0.15) is 0 Å². The Morgan fingerprint density at radius 3 is 2.72 bits per heavy atom. The third-order valence-electron chi connectivity index (χ3n) is 3.69. The zero-order chi connectivity index (χ0) is 13.1. The fourth-order valence-electron chi connectivity index (χ4n) is 2.48. The fourth-order valence-corrected chi connectivity index (χ4v) is 2.99. The number of halogens is 1. The minimum absolute atomic E-state index is 0.469. The summed E-state index contributed by atoms with van der Waals surface area (Å²) in [4.78, 5) is 0. The van der Waals surface area contributed by atoms with Gasteiger partial charge in [-0.25, -0.2) is 0 Å². The highest BCUT2D eigenvalue weighted by molar-refractivity contribution is 9.10. The van der Waals surface area contributed by atoms with E-state index in [4.69, 9.17) is 4.74 Å². The van der Waals surface area contributed by atoms with Crippen LogP contribution in [0.2, 0.25) is 0 Å². The molecule has 3 heteroatoms. The largest absolute Gasteiger partial charge is 0.492 e. The first-order chi connectivity index (χ1) is 8.67. The molecule has 0 amide bonds. The average molecular weight is 312 g/mol. The van der Waals surface area contributed by atoms with E-state index < -0.39 is 0 Å². The van der Waals surface area contributed by atoms with Crippen molar-refractivity contribution in [1.82, 2.24) is 5.32 Å². The molecule has 2 rings (SSSR count). The van der Waals surface area contributed by atoms with Crippen molar-refractivity contribution in [2.75, 3.05) is 13.7 Å². The SMILES string of the molecule is CCCOc1ccc(C(NC)C2CC2C)cc1Br. The highest BCUT2D eigenvalue weighted by Crippen LogP contribution is 2.47. The number of nitrogens with one attached hydrogen (secondary N) is 1. The van der Waals surface area contributed by atoms with Crippen molar-refractivity contribution in [3.05, 3.63) is 28.2 Å². The minimum atomic E-state index is 0.469. The first-order valence-corrected chi connectivity index (χ1v) is 7.56. The highest BCUT2D eigenvalue weighted by atomic mass is 79.9. The molecule has 1 aliphatic rings. The predicted molar refractivity (Wildman–Crippen MR) is 79.0 cm³/mol. The maximum Gasteiger partial charge on any atom is 0.133 e. The Bertz CT molecular complexity index is 407. The maximum absolute atomic E-state index is 5.68. The Morgan fingerprint density at radius 1 is 1.50 bits per heavy atom. The van der Waals surface area contributed by atoms with E-state index in [1.807, 2.05) is 7.05 Å². The summed E-state index contributed by atoms with van der Waals surface area (Å²) < 4.78 is 6.74. The number of benzene rings is 1. The molecular weight excluding hydrogens is 290 g/mol. The number of hydrogen-bond donors (Lipinski definition) is 1. The van der Waals surface area contributed by atoms with Gasteiger partial charge in [0.05, 0.1) is 11.1 Å². The van der Waals surface area contributed by atoms with E-state index in [1.54, 1.807) is 0 Å². The Morgan fingerprint density at radius 2 is 2.22 bits per heavy atom. The van der Waals surface area contributed by atoms with E-state index >= 15 is 0 Å². The van der Waals surface area contributed by atoms with Gasteiger partial charge >= 0.3 is 0 Å². The summed E-state index contributed by atoms with van der Waals surface area (Å²) in [6.45, 7) is 5.21. The van der Waals surface area contributed by atoms with Crippen LogP contribution in [0.5, 0.6) is 5.75 Å². The standard InChI is InChI=1S/C15H22BrNO/c1-4-7-18-14-6-5-11(9-13(14)16)15(17-3)12-8-10(12)2/h5-6,9-10,12,15,17H,4,7-8H2,1-3H3. The molecule has 3 atom stereocenters. The van der Waals surface area contributed by atoms with Gasteiger partial charge in [0.15, 0.2) is 0 Å². The summed E-state index contributed by atoms with van der Waals surface area (Å²) >= 11 is 3.61. The molecule has 0 spiro atoms. The third-order valence-corrected chi connectivity index (χ3v) is 4.31. The van der Waals surface area contributed by atoms with Crippen LogP contribution < -0.4 is 10.1 Å². The van der Waals surface area contributed by atoms with Gasteiger partial charge in [-0.1, -0.05) is 19.9 Å². The van der Waals surface area contributed by atoms with E-state index in [0.717, 1.165) is 35.1 Å². The number of ether oxygens (including phenoxy) is 1. The summed E-state index contributed by atoms with van der Waals surface area (Å²) in [7, 11) is 2.05. The molecule has 1 aliphatic carbocycles. The van der Waals surface area contributed by atoms with Crippen molar-refractivity contribution in [3.63, 3.8) is 0 Å². The van der Waals surface area contributed by atoms with Crippen molar-refractivity contribution in [2.24, 2.45) is 11.8 Å².